The van der Waals surface area contributed by atoms with E-state index in [2.05, 4.69) is 41.5 Å². The number of carboxylic acid groups (broad SMARTS) is 1. The Morgan fingerprint density at radius 2 is 1.65 bits per heavy atom. The third-order valence-electron chi connectivity index (χ3n) is 14.8. The Bertz CT molecular complexity index is 1500. The molecule has 0 amide bonds. The summed E-state index contributed by atoms with van der Waals surface area (Å²) in [4.78, 5) is 40.1. The summed E-state index contributed by atoms with van der Waals surface area (Å²) in [7, 11) is 1.62. The van der Waals surface area contributed by atoms with E-state index in [0.717, 1.165) is 56.3 Å². The van der Waals surface area contributed by atoms with Crippen LogP contribution in [-0.2, 0) is 19.1 Å². The Morgan fingerprint density at radius 1 is 0.935 bits per heavy atom. The summed E-state index contributed by atoms with van der Waals surface area (Å²) in [5.74, 6) is 0.150. The predicted octanol–water partition coefficient (Wildman–Crippen LogP) is 8.69. The average Bonchev–Trinajstić information content (AvgIpc) is 2.99. The number of ether oxygens (including phenoxy) is 2. The summed E-state index contributed by atoms with van der Waals surface area (Å²) < 4.78 is 11.5. The second-order valence-corrected chi connectivity index (χ2v) is 17.5. The van der Waals surface area contributed by atoms with E-state index in [9.17, 15) is 19.5 Å². The maximum absolute atomic E-state index is 14.6. The number of rotatable bonds is 5. The molecular weight excluding hydrogens is 576 g/mol. The van der Waals surface area contributed by atoms with E-state index in [-0.39, 0.29) is 62.7 Å². The van der Waals surface area contributed by atoms with Gasteiger partial charge in [-0.3, -0.25) is 9.59 Å². The molecule has 0 unspecified atom stereocenters. The number of fused-ring (bicyclic) bond motifs is 7. The number of hydrogen-bond donors (Lipinski definition) is 1. The number of carboxylic acids is 1. The molecule has 1 aromatic rings. The van der Waals surface area contributed by atoms with Gasteiger partial charge in [-0.1, -0.05) is 59.2 Å². The van der Waals surface area contributed by atoms with E-state index in [4.69, 9.17) is 9.47 Å². The first-order valence-electron chi connectivity index (χ1n) is 17.5. The van der Waals surface area contributed by atoms with Crippen LogP contribution in [0.4, 0.5) is 0 Å². The van der Waals surface area contributed by atoms with Gasteiger partial charge in [-0.15, -0.1) is 0 Å². The number of esters is 1. The SMILES string of the molecule is COc1cccc(/C=C/C(=O)O[C@H]2CC[C@]3(C)[C@H]4C(=O)C=C5[C@H]6C[C@@](C)(C(=O)O)CC[C@]6(C)CC[C@@]5(C)[C@]4(C)CC[C@H]3C2(C)C)c1. The fourth-order valence-electron chi connectivity index (χ4n) is 11.6. The quantitative estimate of drug-likeness (QED) is 0.259. The second-order valence-electron chi connectivity index (χ2n) is 17.5. The molecule has 250 valence electrons. The van der Waals surface area contributed by atoms with Crippen LogP contribution in [0.3, 0.4) is 0 Å². The first-order chi connectivity index (χ1) is 21.4. The van der Waals surface area contributed by atoms with Crippen molar-refractivity contribution < 1.29 is 29.0 Å². The van der Waals surface area contributed by atoms with E-state index < -0.39 is 11.4 Å². The van der Waals surface area contributed by atoms with E-state index in [1.165, 1.54) is 11.6 Å². The highest BCUT2D eigenvalue weighted by Gasteiger charge is 2.70. The minimum absolute atomic E-state index is 0.0375. The van der Waals surface area contributed by atoms with Gasteiger partial charge < -0.3 is 14.6 Å². The minimum atomic E-state index is -0.753. The molecule has 1 aromatic carbocycles. The summed E-state index contributed by atoms with van der Waals surface area (Å²) in [6.07, 6.45) is 12.9. The standard InChI is InChI=1S/C40H54O6/c1-35(2)30-14-17-40(7)33(38(30,5)16-15-31(35)46-32(42)13-12-25-10-9-11-26(22-25)45-8)29(41)23-27-28-24-37(4,34(43)44)19-18-36(28,3)20-21-39(27,40)6/h9-13,22-23,28,30-31,33H,14-21,24H2,1-8H3,(H,43,44)/b13-12+/t28-,30+,31+,33-,36-,37+,38+,39-,40-/m1/s1. The zero-order chi connectivity index (χ0) is 33.5. The molecule has 0 heterocycles. The number of benzene rings is 1. The van der Waals surface area contributed by atoms with Crippen molar-refractivity contribution >= 4 is 23.8 Å². The molecule has 4 fully saturated rings. The van der Waals surface area contributed by atoms with Crippen LogP contribution in [0, 0.1) is 50.2 Å². The van der Waals surface area contributed by atoms with Gasteiger partial charge >= 0.3 is 11.9 Å². The van der Waals surface area contributed by atoms with Crippen molar-refractivity contribution in [2.24, 2.45) is 50.2 Å². The predicted molar refractivity (Wildman–Crippen MR) is 179 cm³/mol. The van der Waals surface area contributed by atoms with E-state index >= 15 is 0 Å². The van der Waals surface area contributed by atoms with Gasteiger partial charge in [-0.25, -0.2) is 4.79 Å². The van der Waals surface area contributed by atoms with Gasteiger partial charge in [0.25, 0.3) is 0 Å². The van der Waals surface area contributed by atoms with Gasteiger partial charge in [0.1, 0.15) is 11.9 Å². The first kappa shape index (κ1) is 33.0. The van der Waals surface area contributed by atoms with Crippen molar-refractivity contribution in [2.75, 3.05) is 7.11 Å². The molecule has 5 aliphatic rings. The van der Waals surface area contributed by atoms with Crippen LogP contribution in [0.2, 0.25) is 0 Å². The van der Waals surface area contributed by atoms with Crippen molar-refractivity contribution in [3.05, 3.63) is 47.6 Å². The number of hydrogen-bond acceptors (Lipinski definition) is 5. The molecule has 0 aromatic heterocycles. The van der Waals surface area contributed by atoms with Crippen LogP contribution >= 0.6 is 0 Å². The lowest BCUT2D eigenvalue weighted by Crippen LogP contribution is -2.66. The van der Waals surface area contributed by atoms with Gasteiger partial charge in [0.2, 0.25) is 0 Å². The van der Waals surface area contributed by atoms with Crippen LogP contribution in [-0.4, -0.2) is 36.0 Å². The van der Waals surface area contributed by atoms with Crippen LogP contribution in [0.5, 0.6) is 5.75 Å². The summed E-state index contributed by atoms with van der Waals surface area (Å²) in [6, 6.07) is 7.57. The van der Waals surface area contributed by atoms with E-state index in [1.807, 2.05) is 37.3 Å². The summed E-state index contributed by atoms with van der Waals surface area (Å²) in [6.45, 7) is 15.8. The zero-order valence-corrected chi connectivity index (χ0v) is 29.2. The molecule has 0 bridgehead atoms. The highest BCUT2D eigenvalue weighted by atomic mass is 16.5. The van der Waals surface area contributed by atoms with Gasteiger partial charge in [0, 0.05) is 17.4 Å². The Kier molecular flexibility index (Phi) is 7.77. The van der Waals surface area contributed by atoms with E-state index in [0.29, 0.717) is 12.8 Å². The Balaban J connectivity index is 1.27. The number of aliphatic carboxylic acids is 1. The summed E-state index contributed by atoms with van der Waals surface area (Å²) >= 11 is 0. The molecule has 46 heavy (non-hydrogen) atoms. The molecule has 0 saturated heterocycles. The maximum atomic E-state index is 14.6. The summed E-state index contributed by atoms with van der Waals surface area (Å²) in [5.41, 5.74) is 0.516. The molecule has 6 nitrogen and oxygen atoms in total. The molecule has 1 N–H and O–H groups in total. The van der Waals surface area contributed by atoms with Crippen molar-refractivity contribution in [2.45, 2.75) is 112 Å². The van der Waals surface area contributed by atoms with Gasteiger partial charge in [-0.2, -0.15) is 0 Å². The summed E-state index contributed by atoms with van der Waals surface area (Å²) in [5, 5.41) is 10.2. The lowest BCUT2D eigenvalue weighted by molar-refractivity contribution is -0.209. The number of carbonyl (C=O) groups is 3. The lowest BCUT2D eigenvalue weighted by atomic mass is 9.33. The van der Waals surface area contributed by atoms with Crippen molar-refractivity contribution in [1.29, 1.82) is 0 Å². The van der Waals surface area contributed by atoms with Gasteiger partial charge in [-0.05, 0) is 128 Å². The molecule has 0 spiro atoms. The molecule has 0 aliphatic heterocycles. The van der Waals surface area contributed by atoms with Crippen LogP contribution in [0.25, 0.3) is 6.08 Å². The smallest absolute Gasteiger partial charge is 0.331 e. The Hall–Kier alpha value is -2.89. The fourth-order valence-corrected chi connectivity index (χ4v) is 11.6. The maximum Gasteiger partial charge on any atom is 0.331 e. The highest BCUT2D eigenvalue weighted by Crippen LogP contribution is 2.75. The molecule has 9 atom stereocenters. The van der Waals surface area contributed by atoms with Crippen molar-refractivity contribution in [1.82, 2.24) is 0 Å². The molecule has 6 rings (SSSR count). The highest BCUT2D eigenvalue weighted by molar-refractivity contribution is 5.96. The first-order valence-corrected chi connectivity index (χ1v) is 17.5. The molecule has 4 saturated carbocycles. The third-order valence-corrected chi connectivity index (χ3v) is 14.8. The van der Waals surface area contributed by atoms with Crippen LogP contribution < -0.4 is 4.74 Å². The van der Waals surface area contributed by atoms with Gasteiger partial charge in [0.05, 0.1) is 12.5 Å². The van der Waals surface area contributed by atoms with Crippen molar-refractivity contribution in [3.8, 4) is 5.75 Å². The van der Waals surface area contributed by atoms with Crippen molar-refractivity contribution in [3.63, 3.8) is 0 Å². The number of methoxy groups -OCH3 is 1. The zero-order valence-electron chi connectivity index (χ0n) is 29.2. The third kappa shape index (κ3) is 4.74. The number of allylic oxidation sites excluding steroid dienone is 2. The lowest BCUT2D eigenvalue weighted by Gasteiger charge is -2.70. The van der Waals surface area contributed by atoms with E-state index in [1.54, 1.807) is 13.2 Å². The molecule has 6 heteroatoms. The Morgan fingerprint density at radius 3 is 2.35 bits per heavy atom. The average molecular weight is 631 g/mol. The van der Waals surface area contributed by atoms with Gasteiger partial charge in [0.15, 0.2) is 5.78 Å². The largest absolute Gasteiger partial charge is 0.497 e. The van der Waals surface area contributed by atoms with Crippen LogP contribution in [0.1, 0.15) is 112 Å². The normalized spacial score (nSPS) is 43.0. The number of carbonyl (C=O) groups excluding carboxylic acids is 2. The van der Waals surface area contributed by atoms with Crippen LogP contribution in [0.15, 0.2) is 42.0 Å². The fraction of sp³-hybridized carbons (Fsp3) is 0.675. The molecule has 5 aliphatic carbocycles. The molecular formula is C40H54O6. The second kappa shape index (κ2) is 10.8. The number of ketones is 1. The monoisotopic (exact) mass is 630 g/mol. The minimum Gasteiger partial charge on any atom is -0.497 e. The Labute approximate surface area is 275 Å². The topological polar surface area (TPSA) is 89.9 Å². The molecule has 0 radical (unpaired) electrons.